The fourth-order valence-electron chi connectivity index (χ4n) is 3.70. The minimum absolute atomic E-state index is 0.501. The Morgan fingerprint density at radius 3 is 2.64 bits per heavy atom. The molecule has 2 fully saturated rings. The van der Waals surface area contributed by atoms with Gasteiger partial charge in [-0.2, -0.15) is 4.98 Å². The smallest absolute Gasteiger partial charge is 0.229 e. The molecule has 2 aromatic heterocycles. The summed E-state index contributed by atoms with van der Waals surface area (Å²) in [4.78, 5) is 14.1. The van der Waals surface area contributed by atoms with E-state index in [-0.39, 0.29) is 0 Å². The minimum atomic E-state index is 0.501. The highest BCUT2D eigenvalue weighted by Gasteiger charge is 2.24. The summed E-state index contributed by atoms with van der Waals surface area (Å²) in [6.45, 7) is 6.52. The van der Waals surface area contributed by atoms with Crippen LogP contribution in [0.25, 0.3) is 11.1 Å². The van der Waals surface area contributed by atoms with Gasteiger partial charge in [0.05, 0.1) is 6.26 Å². The van der Waals surface area contributed by atoms with Gasteiger partial charge in [-0.25, -0.2) is 4.98 Å². The molecule has 0 radical (unpaired) electrons. The minimum Gasteiger partial charge on any atom is -0.459 e. The second-order valence-corrected chi connectivity index (χ2v) is 7.87. The van der Waals surface area contributed by atoms with Crippen LogP contribution in [0, 0.1) is 6.92 Å². The predicted molar refractivity (Wildman–Crippen MR) is 113 cm³/mol. The van der Waals surface area contributed by atoms with Crippen LogP contribution in [-0.2, 0) is 0 Å². The van der Waals surface area contributed by atoms with Crippen molar-refractivity contribution in [1.29, 1.82) is 0 Å². The van der Waals surface area contributed by atoms with Crippen molar-refractivity contribution in [3.8, 4) is 0 Å². The molecule has 1 aliphatic carbocycles. The third kappa shape index (κ3) is 3.49. The molecule has 7 nitrogen and oxygen atoms in total. The van der Waals surface area contributed by atoms with Crippen LogP contribution in [-0.4, -0.2) is 54.1 Å². The maximum atomic E-state index is 5.57. The molecule has 0 atom stereocenters. The zero-order valence-electron chi connectivity index (χ0n) is 16.4. The topological polar surface area (TPSA) is 69.5 Å². The van der Waals surface area contributed by atoms with Crippen LogP contribution >= 0.6 is 0 Å². The summed E-state index contributed by atoms with van der Waals surface area (Å²) in [5.41, 5.74) is 5.09. The van der Waals surface area contributed by atoms with Gasteiger partial charge in [0.15, 0.2) is 11.4 Å². The summed E-state index contributed by atoms with van der Waals surface area (Å²) in [5.74, 6) is 1.36. The SMILES string of the molecule is Cc1cc(Nc2nc(NC3CC3)c3occc3n2)ccc1N1CCN(C)CC1. The lowest BCUT2D eigenvalue weighted by Crippen LogP contribution is -2.44. The molecule has 28 heavy (non-hydrogen) atoms. The van der Waals surface area contributed by atoms with Crippen molar-refractivity contribution in [3.05, 3.63) is 36.1 Å². The lowest BCUT2D eigenvalue weighted by Gasteiger charge is -2.35. The van der Waals surface area contributed by atoms with Gasteiger partial charge in [-0.3, -0.25) is 0 Å². The Balaban J connectivity index is 1.37. The van der Waals surface area contributed by atoms with Crippen molar-refractivity contribution in [3.63, 3.8) is 0 Å². The maximum absolute atomic E-state index is 5.57. The molecule has 0 unspecified atom stereocenters. The number of hydrogen-bond donors (Lipinski definition) is 2. The van der Waals surface area contributed by atoms with Gasteiger partial charge < -0.3 is 24.9 Å². The molecule has 1 saturated carbocycles. The van der Waals surface area contributed by atoms with Gasteiger partial charge in [-0.05, 0) is 50.6 Å². The molecule has 1 saturated heterocycles. The molecule has 2 N–H and O–H groups in total. The highest BCUT2D eigenvalue weighted by Crippen LogP contribution is 2.31. The number of rotatable bonds is 5. The number of fused-ring (bicyclic) bond motifs is 1. The van der Waals surface area contributed by atoms with Crippen molar-refractivity contribution in [2.45, 2.75) is 25.8 Å². The molecule has 1 aliphatic heterocycles. The first-order chi connectivity index (χ1) is 13.7. The summed E-state index contributed by atoms with van der Waals surface area (Å²) in [6.07, 6.45) is 4.03. The van der Waals surface area contributed by atoms with E-state index in [2.05, 4.69) is 62.6 Å². The largest absolute Gasteiger partial charge is 0.459 e. The van der Waals surface area contributed by atoms with E-state index >= 15 is 0 Å². The Hall–Kier alpha value is -2.80. The Kier molecular flexibility index (Phi) is 4.31. The average Bonchev–Trinajstić information content (AvgIpc) is 3.36. The first-order valence-corrected chi connectivity index (χ1v) is 9.99. The molecule has 146 valence electrons. The second-order valence-electron chi connectivity index (χ2n) is 7.87. The number of furan rings is 1. The summed E-state index contributed by atoms with van der Waals surface area (Å²) < 4.78 is 5.57. The number of aromatic nitrogens is 2. The van der Waals surface area contributed by atoms with Crippen molar-refractivity contribution in [2.24, 2.45) is 0 Å². The molecular weight excluding hydrogens is 352 g/mol. The van der Waals surface area contributed by atoms with E-state index in [0.29, 0.717) is 12.0 Å². The van der Waals surface area contributed by atoms with Gasteiger partial charge in [0.2, 0.25) is 5.95 Å². The van der Waals surface area contributed by atoms with Crippen LogP contribution in [0.4, 0.5) is 23.1 Å². The Morgan fingerprint density at radius 2 is 1.89 bits per heavy atom. The number of aryl methyl sites for hydroxylation is 1. The molecular formula is C21H26N6O. The fraction of sp³-hybridized carbons (Fsp3) is 0.429. The summed E-state index contributed by atoms with van der Waals surface area (Å²) >= 11 is 0. The van der Waals surface area contributed by atoms with Gasteiger partial charge in [0, 0.05) is 49.7 Å². The van der Waals surface area contributed by atoms with Gasteiger partial charge in [0.25, 0.3) is 0 Å². The Morgan fingerprint density at radius 1 is 1.07 bits per heavy atom. The molecule has 7 heteroatoms. The van der Waals surface area contributed by atoms with E-state index in [1.807, 2.05) is 6.07 Å². The lowest BCUT2D eigenvalue weighted by molar-refractivity contribution is 0.312. The third-order valence-electron chi connectivity index (χ3n) is 5.52. The van der Waals surface area contributed by atoms with Crippen LogP contribution in [0.5, 0.6) is 0 Å². The maximum Gasteiger partial charge on any atom is 0.229 e. The quantitative estimate of drug-likeness (QED) is 0.703. The van der Waals surface area contributed by atoms with Gasteiger partial charge in [-0.1, -0.05) is 0 Å². The first-order valence-electron chi connectivity index (χ1n) is 9.99. The molecule has 0 amide bonds. The van der Waals surface area contributed by atoms with Gasteiger partial charge in [-0.15, -0.1) is 0 Å². The monoisotopic (exact) mass is 378 g/mol. The highest BCUT2D eigenvalue weighted by molar-refractivity contribution is 5.85. The number of nitrogens with one attached hydrogen (secondary N) is 2. The highest BCUT2D eigenvalue weighted by atomic mass is 16.3. The molecule has 3 heterocycles. The van der Waals surface area contributed by atoms with Crippen LogP contribution in [0.1, 0.15) is 18.4 Å². The van der Waals surface area contributed by atoms with E-state index in [0.717, 1.165) is 48.8 Å². The predicted octanol–water partition coefficient (Wildman–Crippen LogP) is 3.60. The zero-order chi connectivity index (χ0) is 19.1. The number of anilines is 4. The number of nitrogens with zero attached hydrogens (tertiary/aromatic N) is 4. The standard InChI is InChI=1S/C21H26N6O/c1-14-13-16(5-6-18(14)27-10-8-26(2)9-11-27)23-21-24-17-7-12-28-19(17)20(25-21)22-15-3-4-15/h5-7,12-13,15H,3-4,8-11H2,1-2H3,(H2,22,23,24,25). The van der Waals surface area contributed by atoms with Crippen molar-refractivity contribution < 1.29 is 4.42 Å². The van der Waals surface area contributed by atoms with Crippen LogP contribution in [0.2, 0.25) is 0 Å². The number of piperazine rings is 1. The average molecular weight is 378 g/mol. The molecule has 2 aliphatic rings. The molecule has 0 spiro atoms. The van der Waals surface area contributed by atoms with E-state index in [1.54, 1.807) is 6.26 Å². The van der Waals surface area contributed by atoms with Crippen molar-refractivity contribution >= 4 is 34.2 Å². The number of hydrogen-bond acceptors (Lipinski definition) is 7. The van der Waals surface area contributed by atoms with Crippen molar-refractivity contribution in [2.75, 3.05) is 48.8 Å². The third-order valence-corrected chi connectivity index (χ3v) is 5.52. The lowest BCUT2D eigenvalue weighted by atomic mass is 10.1. The fourth-order valence-corrected chi connectivity index (χ4v) is 3.70. The summed E-state index contributed by atoms with van der Waals surface area (Å²) in [7, 11) is 2.18. The van der Waals surface area contributed by atoms with Crippen LogP contribution in [0.3, 0.4) is 0 Å². The summed E-state index contributed by atoms with van der Waals surface area (Å²) in [5, 5.41) is 6.81. The molecule has 5 rings (SSSR count). The summed E-state index contributed by atoms with van der Waals surface area (Å²) in [6, 6.07) is 8.86. The Bertz CT molecular complexity index is 988. The Labute approximate surface area is 164 Å². The van der Waals surface area contributed by atoms with Crippen LogP contribution in [0.15, 0.2) is 34.9 Å². The van der Waals surface area contributed by atoms with Gasteiger partial charge in [0.1, 0.15) is 5.52 Å². The number of likely N-dealkylation sites (N-methyl/N-ethyl adjacent to an activating group) is 1. The van der Waals surface area contributed by atoms with Crippen molar-refractivity contribution in [1.82, 2.24) is 14.9 Å². The molecule has 3 aromatic rings. The molecule has 1 aromatic carbocycles. The number of benzene rings is 1. The zero-order valence-corrected chi connectivity index (χ0v) is 16.4. The van der Waals surface area contributed by atoms with E-state index < -0.39 is 0 Å². The van der Waals surface area contributed by atoms with E-state index in [4.69, 9.17) is 4.42 Å². The van der Waals surface area contributed by atoms with E-state index in [1.165, 1.54) is 24.1 Å². The van der Waals surface area contributed by atoms with E-state index in [9.17, 15) is 0 Å². The second kappa shape index (κ2) is 6.98. The molecule has 0 bridgehead atoms. The first kappa shape index (κ1) is 17.3. The van der Waals surface area contributed by atoms with Gasteiger partial charge >= 0.3 is 0 Å². The normalized spacial score (nSPS) is 17.9. The van der Waals surface area contributed by atoms with Crippen LogP contribution < -0.4 is 15.5 Å².